The molecule has 1 amide bonds. The quantitative estimate of drug-likeness (QED) is 0.225. The highest BCUT2D eigenvalue weighted by Gasteiger charge is 2.13. The lowest BCUT2D eigenvalue weighted by atomic mass is 10.1. The zero-order valence-corrected chi connectivity index (χ0v) is 19.0. The van der Waals surface area contributed by atoms with Gasteiger partial charge in [-0.1, -0.05) is 72.3 Å². The number of para-hydroxylation sites is 1. The van der Waals surface area contributed by atoms with E-state index in [4.69, 9.17) is 11.6 Å². The molecule has 5 rings (SSSR count). The van der Waals surface area contributed by atoms with Gasteiger partial charge in [0.15, 0.2) is 0 Å². The van der Waals surface area contributed by atoms with Crippen molar-refractivity contribution in [3.05, 3.63) is 119 Å². The van der Waals surface area contributed by atoms with Crippen molar-refractivity contribution in [2.75, 3.05) is 5.32 Å². The molecule has 0 fully saturated rings. The number of hydrogen-bond acceptors (Lipinski definition) is 2. The number of fused-ring (bicyclic) bond motifs is 2. The number of nitriles is 1. The molecule has 0 unspecified atom stereocenters. The Bertz CT molecular complexity index is 1610. The van der Waals surface area contributed by atoms with Gasteiger partial charge in [0.05, 0.1) is 0 Å². The number of carbonyl (C=O) groups excluding carboxylic acids is 1. The minimum absolute atomic E-state index is 0.0218. The summed E-state index contributed by atoms with van der Waals surface area (Å²) in [6.45, 7) is 0.676. The second-order valence-electron chi connectivity index (χ2n) is 8.05. The molecule has 0 spiro atoms. The minimum Gasteiger partial charge on any atom is -0.342 e. The fraction of sp³-hybridized carbons (Fsp3) is 0.0345. The van der Waals surface area contributed by atoms with Crippen LogP contribution in [0.25, 0.3) is 27.8 Å². The van der Waals surface area contributed by atoms with Crippen LogP contribution in [0.15, 0.2) is 103 Å². The maximum atomic E-state index is 12.8. The molecule has 0 radical (unpaired) electrons. The standard InChI is InChI=1S/C29H20ClN3O/c30-25-8-5-9-26(16-25)32-29(34)23(17-31)15-24-19-33(28-11-4-3-10-27(24)28)18-20-12-13-21-6-1-2-7-22(21)14-20/h1-16,19H,18H2,(H,32,34)/b23-15+. The third-order valence-corrected chi connectivity index (χ3v) is 5.97. The van der Waals surface area contributed by atoms with E-state index in [1.54, 1.807) is 30.3 Å². The molecule has 0 aliphatic carbocycles. The molecule has 0 atom stereocenters. The van der Waals surface area contributed by atoms with Crippen LogP contribution < -0.4 is 5.32 Å². The second-order valence-corrected chi connectivity index (χ2v) is 8.48. The summed E-state index contributed by atoms with van der Waals surface area (Å²) < 4.78 is 2.15. The zero-order chi connectivity index (χ0) is 23.5. The lowest BCUT2D eigenvalue weighted by Crippen LogP contribution is -2.13. The number of benzene rings is 4. The molecule has 0 aliphatic rings. The van der Waals surface area contributed by atoms with Gasteiger partial charge in [-0.25, -0.2) is 0 Å². The zero-order valence-electron chi connectivity index (χ0n) is 18.2. The third-order valence-electron chi connectivity index (χ3n) is 5.73. The smallest absolute Gasteiger partial charge is 0.266 e. The number of rotatable bonds is 5. The molecule has 1 heterocycles. The van der Waals surface area contributed by atoms with Crippen LogP contribution >= 0.6 is 11.6 Å². The summed E-state index contributed by atoms with van der Waals surface area (Å²) in [5.41, 5.74) is 3.59. The summed E-state index contributed by atoms with van der Waals surface area (Å²) in [5.74, 6) is -0.476. The van der Waals surface area contributed by atoms with E-state index in [2.05, 4.69) is 40.2 Å². The average Bonchev–Trinajstić information content (AvgIpc) is 3.19. The normalized spacial score (nSPS) is 11.5. The molecule has 0 saturated carbocycles. The van der Waals surface area contributed by atoms with Crippen molar-refractivity contribution in [2.24, 2.45) is 0 Å². The van der Waals surface area contributed by atoms with Gasteiger partial charge in [-0.2, -0.15) is 5.26 Å². The Morgan fingerprint density at radius 3 is 2.56 bits per heavy atom. The van der Waals surface area contributed by atoms with Crippen LogP contribution in [-0.2, 0) is 11.3 Å². The topological polar surface area (TPSA) is 57.8 Å². The molecule has 4 nitrogen and oxygen atoms in total. The van der Waals surface area contributed by atoms with Gasteiger partial charge in [0.25, 0.3) is 5.91 Å². The predicted octanol–water partition coefficient (Wildman–Crippen LogP) is 7.04. The molecule has 5 heteroatoms. The highest BCUT2D eigenvalue weighted by molar-refractivity contribution is 6.31. The second kappa shape index (κ2) is 9.27. The van der Waals surface area contributed by atoms with E-state index in [1.165, 1.54) is 16.3 Å². The largest absolute Gasteiger partial charge is 0.342 e. The van der Waals surface area contributed by atoms with Crippen LogP contribution in [0.5, 0.6) is 0 Å². The van der Waals surface area contributed by atoms with Crippen LogP contribution in [0.4, 0.5) is 5.69 Å². The van der Waals surface area contributed by atoms with Gasteiger partial charge in [-0.3, -0.25) is 4.79 Å². The molecular formula is C29H20ClN3O. The summed E-state index contributed by atoms with van der Waals surface area (Å²) in [6, 6.07) is 31.6. The van der Waals surface area contributed by atoms with Crippen LogP contribution in [0.2, 0.25) is 5.02 Å². The Kier molecular flexibility index (Phi) is 5.86. The molecule has 4 aromatic carbocycles. The van der Waals surface area contributed by atoms with E-state index in [9.17, 15) is 10.1 Å². The number of nitrogens with zero attached hydrogens (tertiary/aromatic N) is 2. The average molecular weight is 462 g/mol. The SMILES string of the molecule is N#C/C(=C\c1cn(Cc2ccc3ccccc3c2)c2ccccc12)C(=O)Nc1cccc(Cl)c1. The fourth-order valence-electron chi connectivity index (χ4n) is 4.12. The van der Waals surface area contributed by atoms with Crippen molar-refractivity contribution in [1.29, 1.82) is 5.26 Å². The van der Waals surface area contributed by atoms with E-state index < -0.39 is 5.91 Å². The Morgan fingerprint density at radius 2 is 1.74 bits per heavy atom. The molecule has 0 bridgehead atoms. The van der Waals surface area contributed by atoms with Gasteiger partial charge in [-0.05, 0) is 52.7 Å². The summed E-state index contributed by atoms with van der Waals surface area (Å²) in [6.07, 6.45) is 3.63. The first-order chi connectivity index (χ1) is 16.6. The molecule has 1 aromatic heterocycles. The van der Waals surface area contributed by atoms with Crippen molar-refractivity contribution in [1.82, 2.24) is 4.57 Å². The number of halogens is 1. The Balaban J connectivity index is 1.49. The molecule has 164 valence electrons. The summed E-state index contributed by atoms with van der Waals surface area (Å²) >= 11 is 6.00. The van der Waals surface area contributed by atoms with Gasteiger partial charge in [0.1, 0.15) is 11.6 Å². The van der Waals surface area contributed by atoms with E-state index in [0.717, 1.165) is 16.5 Å². The van der Waals surface area contributed by atoms with Crippen LogP contribution in [0.1, 0.15) is 11.1 Å². The van der Waals surface area contributed by atoms with Crippen molar-refractivity contribution in [3.63, 3.8) is 0 Å². The van der Waals surface area contributed by atoms with Crippen molar-refractivity contribution in [3.8, 4) is 6.07 Å². The number of carbonyl (C=O) groups is 1. The molecular weight excluding hydrogens is 442 g/mol. The minimum atomic E-state index is -0.476. The highest BCUT2D eigenvalue weighted by atomic mass is 35.5. The van der Waals surface area contributed by atoms with Crippen LogP contribution in [-0.4, -0.2) is 10.5 Å². The molecule has 5 aromatic rings. The molecule has 0 aliphatic heterocycles. The number of nitrogens with one attached hydrogen (secondary N) is 1. The van der Waals surface area contributed by atoms with Crippen molar-refractivity contribution < 1.29 is 4.79 Å². The Hall–Kier alpha value is -4.33. The first kappa shape index (κ1) is 21.5. The predicted molar refractivity (Wildman–Crippen MR) is 139 cm³/mol. The van der Waals surface area contributed by atoms with Crippen LogP contribution in [0.3, 0.4) is 0 Å². The van der Waals surface area contributed by atoms with Gasteiger partial charge in [0.2, 0.25) is 0 Å². The Morgan fingerprint density at radius 1 is 0.941 bits per heavy atom. The van der Waals surface area contributed by atoms with Crippen molar-refractivity contribution >= 4 is 50.9 Å². The first-order valence-electron chi connectivity index (χ1n) is 10.8. The fourth-order valence-corrected chi connectivity index (χ4v) is 4.31. The van der Waals surface area contributed by atoms with Crippen LogP contribution in [0, 0.1) is 11.3 Å². The maximum absolute atomic E-state index is 12.8. The van der Waals surface area contributed by atoms with Gasteiger partial charge >= 0.3 is 0 Å². The molecule has 34 heavy (non-hydrogen) atoms. The number of anilines is 1. The van der Waals surface area contributed by atoms with E-state index in [0.29, 0.717) is 17.3 Å². The van der Waals surface area contributed by atoms with Gasteiger partial charge in [-0.15, -0.1) is 0 Å². The molecule has 0 saturated heterocycles. The lowest BCUT2D eigenvalue weighted by molar-refractivity contribution is -0.112. The maximum Gasteiger partial charge on any atom is 0.266 e. The lowest BCUT2D eigenvalue weighted by Gasteiger charge is -2.07. The highest BCUT2D eigenvalue weighted by Crippen LogP contribution is 2.26. The van der Waals surface area contributed by atoms with Crippen molar-refractivity contribution in [2.45, 2.75) is 6.54 Å². The van der Waals surface area contributed by atoms with Gasteiger partial charge in [0, 0.05) is 39.9 Å². The van der Waals surface area contributed by atoms with E-state index >= 15 is 0 Å². The number of hydrogen-bond donors (Lipinski definition) is 1. The summed E-state index contributed by atoms with van der Waals surface area (Å²) in [4.78, 5) is 12.8. The van der Waals surface area contributed by atoms with E-state index in [-0.39, 0.29) is 5.57 Å². The van der Waals surface area contributed by atoms with E-state index in [1.807, 2.05) is 48.7 Å². The van der Waals surface area contributed by atoms with Gasteiger partial charge < -0.3 is 9.88 Å². The molecule has 1 N–H and O–H groups in total. The summed E-state index contributed by atoms with van der Waals surface area (Å²) in [7, 11) is 0. The number of aromatic nitrogens is 1. The third kappa shape index (κ3) is 4.43. The summed E-state index contributed by atoms with van der Waals surface area (Å²) in [5, 5.41) is 16.3. The first-order valence-corrected chi connectivity index (χ1v) is 11.2. The number of amides is 1. The monoisotopic (exact) mass is 461 g/mol. The Labute approximate surface area is 202 Å².